The van der Waals surface area contributed by atoms with E-state index in [9.17, 15) is 31.1 Å². The molecule has 5 rings (SSSR count). The van der Waals surface area contributed by atoms with Crippen LogP contribution in [-0.2, 0) is 18.0 Å². The van der Waals surface area contributed by atoms with Gasteiger partial charge in [0.15, 0.2) is 11.3 Å². The van der Waals surface area contributed by atoms with Gasteiger partial charge in [0.2, 0.25) is 0 Å². The molecule has 2 aliphatic rings. The minimum atomic E-state index is -5.08. The monoisotopic (exact) mass is 548 g/mol. The average molecular weight is 548 g/mol. The Hall–Kier alpha value is -3.89. The number of halogens is 6. The van der Waals surface area contributed by atoms with Gasteiger partial charge < -0.3 is 20.6 Å². The molecule has 3 aromatic rings. The zero-order chi connectivity index (χ0) is 27.9. The molecule has 4 heterocycles. The standard InChI is InChI=1S/C19H21F3N8O.C2HF3O2/c1-28-10-13(15(27-28)19(20,21)22)25-17(31)12-9-24-30-8-3-14(26-16(12)30)29-7-2-6-23-11-18(29)4-5-18;3-2(4,5)1(6)7/h3,8-10,23H,2,4-7,11H2,1H3,(H,25,31);(H,6,7). The van der Waals surface area contributed by atoms with Crippen LogP contribution < -0.4 is 15.5 Å². The number of alkyl halides is 6. The van der Waals surface area contributed by atoms with Gasteiger partial charge in [0.25, 0.3) is 5.91 Å². The highest BCUT2D eigenvalue weighted by Gasteiger charge is 2.49. The molecule has 0 radical (unpaired) electrons. The molecule has 1 saturated carbocycles. The van der Waals surface area contributed by atoms with E-state index >= 15 is 0 Å². The van der Waals surface area contributed by atoms with Crippen LogP contribution in [0.25, 0.3) is 5.65 Å². The van der Waals surface area contributed by atoms with Crippen molar-refractivity contribution < 1.29 is 41.0 Å². The van der Waals surface area contributed by atoms with Crippen LogP contribution in [0.2, 0.25) is 0 Å². The number of rotatable bonds is 3. The number of carboxylic acid groups (broad SMARTS) is 1. The molecule has 1 spiro atoms. The van der Waals surface area contributed by atoms with E-state index in [1.807, 2.05) is 6.07 Å². The number of carboxylic acids is 1. The highest BCUT2D eigenvalue weighted by molar-refractivity contribution is 6.08. The second-order valence-corrected chi connectivity index (χ2v) is 8.84. The Labute approximate surface area is 210 Å². The Kier molecular flexibility index (Phi) is 6.98. The Morgan fingerprint density at radius 2 is 1.87 bits per heavy atom. The first-order valence-electron chi connectivity index (χ1n) is 11.3. The third-order valence-electron chi connectivity index (χ3n) is 6.05. The SMILES string of the molecule is Cn1cc(NC(=O)c2cnn3ccc(N4CCCNCC45CC5)nc23)c(C(F)(F)F)n1.O=C(O)C(F)(F)F. The highest BCUT2D eigenvalue weighted by Crippen LogP contribution is 2.44. The molecule has 206 valence electrons. The fourth-order valence-corrected chi connectivity index (χ4v) is 4.11. The van der Waals surface area contributed by atoms with Gasteiger partial charge in [0.05, 0.1) is 17.4 Å². The summed E-state index contributed by atoms with van der Waals surface area (Å²) in [6, 6.07) is 1.86. The molecular formula is C21H22F6N8O3. The van der Waals surface area contributed by atoms with Crippen molar-refractivity contribution in [3.63, 3.8) is 0 Å². The second kappa shape index (κ2) is 9.77. The first kappa shape index (κ1) is 27.2. The van der Waals surface area contributed by atoms with E-state index in [2.05, 4.69) is 30.7 Å². The number of fused-ring (bicyclic) bond motifs is 1. The van der Waals surface area contributed by atoms with E-state index in [0.717, 1.165) is 55.6 Å². The quantitative estimate of drug-likeness (QED) is 0.426. The van der Waals surface area contributed by atoms with Crippen molar-refractivity contribution in [1.29, 1.82) is 0 Å². The van der Waals surface area contributed by atoms with Crippen LogP contribution in [0.4, 0.5) is 37.8 Å². The van der Waals surface area contributed by atoms with Crippen LogP contribution in [0.15, 0.2) is 24.7 Å². The molecule has 3 N–H and O–H groups in total. The maximum atomic E-state index is 13.2. The van der Waals surface area contributed by atoms with Crippen molar-refractivity contribution in [3.05, 3.63) is 35.9 Å². The van der Waals surface area contributed by atoms with E-state index in [1.54, 1.807) is 6.20 Å². The zero-order valence-electron chi connectivity index (χ0n) is 19.8. The molecule has 11 nitrogen and oxygen atoms in total. The molecule has 17 heteroatoms. The Balaban J connectivity index is 0.000000426. The lowest BCUT2D eigenvalue weighted by molar-refractivity contribution is -0.192. The van der Waals surface area contributed by atoms with E-state index < -0.39 is 35.6 Å². The molecule has 0 unspecified atom stereocenters. The summed E-state index contributed by atoms with van der Waals surface area (Å²) in [5.74, 6) is -2.75. The lowest BCUT2D eigenvalue weighted by atomic mass is 10.2. The number of aromatic nitrogens is 5. The van der Waals surface area contributed by atoms with Gasteiger partial charge in [-0.1, -0.05) is 0 Å². The third kappa shape index (κ3) is 5.66. The fraction of sp³-hybridized carbons (Fsp3) is 0.476. The molecular weight excluding hydrogens is 526 g/mol. The van der Waals surface area contributed by atoms with Gasteiger partial charge in [0, 0.05) is 32.5 Å². The first-order valence-corrected chi connectivity index (χ1v) is 11.3. The average Bonchev–Trinajstić information content (AvgIpc) is 3.39. The summed E-state index contributed by atoms with van der Waals surface area (Å²) in [4.78, 5) is 28.7. The molecule has 0 bridgehead atoms. The number of aliphatic carboxylic acids is 1. The number of hydrogen-bond acceptors (Lipinski definition) is 7. The molecule has 0 aromatic carbocycles. The van der Waals surface area contributed by atoms with Crippen LogP contribution in [-0.4, -0.2) is 72.7 Å². The predicted octanol–water partition coefficient (Wildman–Crippen LogP) is 2.70. The number of nitrogens with zero attached hydrogens (tertiary/aromatic N) is 6. The first-order chi connectivity index (χ1) is 17.7. The number of amides is 1. The minimum absolute atomic E-state index is 0.0433. The lowest BCUT2D eigenvalue weighted by Crippen LogP contribution is -2.42. The summed E-state index contributed by atoms with van der Waals surface area (Å²) in [6.45, 7) is 2.66. The summed E-state index contributed by atoms with van der Waals surface area (Å²) in [5, 5.41) is 20.4. The van der Waals surface area contributed by atoms with E-state index in [1.165, 1.54) is 17.8 Å². The largest absolute Gasteiger partial charge is 0.490 e. The molecule has 3 aromatic heterocycles. The summed E-state index contributed by atoms with van der Waals surface area (Å²) < 4.78 is 73.8. The summed E-state index contributed by atoms with van der Waals surface area (Å²) in [6.07, 6.45) is -2.51. The molecule has 1 aliphatic heterocycles. The van der Waals surface area contributed by atoms with E-state index in [4.69, 9.17) is 9.90 Å². The molecule has 38 heavy (non-hydrogen) atoms. The smallest absolute Gasteiger partial charge is 0.475 e. The minimum Gasteiger partial charge on any atom is -0.475 e. The fourth-order valence-electron chi connectivity index (χ4n) is 4.11. The summed E-state index contributed by atoms with van der Waals surface area (Å²) in [7, 11) is 1.36. The Morgan fingerprint density at radius 1 is 1.18 bits per heavy atom. The maximum Gasteiger partial charge on any atom is 0.490 e. The molecule has 1 amide bonds. The number of carbonyl (C=O) groups is 2. The number of hydrogen-bond donors (Lipinski definition) is 3. The van der Waals surface area contributed by atoms with Crippen molar-refractivity contribution in [1.82, 2.24) is 29.7 Å². The van der Waals surface area contributed by atoms with Crippen LogP contribution in [0.3, 0.4) is 0 Å². The highest BCUT2D eigenvalue weighted by atomic mass is 19.4. The van der Waals surface area contributed by atoms with Crippen LogP contribution in [0.1, 0.15) is 35.3 Å². The van der Waals surface area contributed by atoms with Crippen LogP contribution in [0.5, 0.6) is 0 Å². The van der Waals surface area contributed by atoms with Crippen LogP contribution in [0, 0.1) is 0 Å². The Morgan fingerprint density at radius 3 is 2.47 bits per heavy atom. The van der Waals surface area contributed by atoms with Gasteiger partial charge in [-0.2, -0.15) is 36.5 Å². The normalized spacial score (nSPS) is 17.1. The second-order valence-electron chi connectivity index (χ2n) is 8.84. The van der Waals surface area contributed by atoms with E-state index in [0.29, 0.717) is 5.65 Å². The zero-order valence-corrected chi connectivity index (χ0v) is 19.8. The van der Waals surface area contributed by atoms with Crippen molar-refractivity contribution >= 4 is 29.0 Å². The third-order valence-corrected chi connectivity index (χ3v) is 6.05. The van der Waals surface area contributed by atoms with E-state index in [-0.39, 0.29) is 11.1 Å². The number of aryl methyl sites for hydroxylation is 1. The molecule has 1 saturated heterocycles. The molecule has 0 atom stereocenters. The van der Waals surface area contributed by atoms with Gasteiger partial charge in [0.1, 0.15) is 11.4 Å². The van der Waals surface area contributed by atoms with Crippen molar-refractivity contribution in [3.8, 4) is 0 Å². The molecule has 2 fully saturated rings. The van der Waals surface area contributed by atoms with Gasteiger partial charge in [-0.3, -0.25) is 9.48 Å². The van der Waals surface area contributed by atoms with Gasteiger partial charge in [-0.05, 0) is 31.9 Å². The van der Waals surface area contributed by atoms with Crippen LogP contribution >= 0.6 is 0 Å². The van der Waals surface area contributed by atoms with Crippen molar-refractivity contribution in [2.75, 3.05) is 29.9 Å². The van der Waals surface area contributed by atoms with Gasteiger partial charge in [-0.25, -0.2) is 14.3 Å². The summed E-state index contributed by atoms with van der Waals surface area (Å²) >= 11 is 0. The number of carbonyl (C=O) groups excluding carboxylic acids is 1. The Bertz CT molecular complexity index is 1340. The van der Waals surface area contributed by atoms with Crippen molar-refractivity contribution in [2.24, 2.45) is 7.05 Å². The van der Waals surface area contributed by atoms with Gasteiger partial charge >= 0.3 is 18.3 Å². The molecule has 1 aliphatic carbocycles. The number of anilines is 2. The van der Waals surface area contributed by atoms with Crippen molar-refractivity contribution in [2.45, 2.75) is 37.2 Å². The lowest BCUT2D eigenvalue weighted by Gasteiger charge is -2.31. The number of nitrogens with one attached hydrogen (secondary N) is 2. The maximum absolute atomic E-state index is 13.2. The summed E-state index contributed by atoms with van der Waals surface area (Å²) in [5.41, 5.74) is -1.13. The van der Waals surface area contributed by atoms with Gasteiger partial charge in [-0.15, -0.1) is 0 Å². The predicted molar refractivity (Wildman–Crippen MR) is 120 cm³/mol. The topological polar surface area (TPSA) is 130 Å².